The normalized spacial score (nSPS) is 10.4. The molecular weight excluding hydrogens is 296 g/mol. The summed E-state index contributed by atoms with van der Waals surface area (Å²) in [6.07, 6.45) is 0.369. The first-order valence-corrected chi connectivity index (χ1v) is 6.55. The molecule has 0 unspecified atom stereocenters. The number of ether oxygens (including phenoxy) is 1. The Kier molecular flexibility index (Phi) is 4.66. The van der Waals surface area contributed by atoms with Gasteiger partial charge in [-0.05, 0) is 18.2 Å². The minimum atomic E-state index is -1.15. The number of hydrogen-bond donors (Lipinski definition) is 3. The van der Waals surface area contributed by atoms with E-state index < -0.39 is 6.09 Å². The Bertz CT molecular complexity index is 637. The van der Waals surface area contributed by atoms with Crippen molar-refractivity contribution >= 4 is 23.4 Å². The Morgan fingerprint density at radius 3 is 2.90 bits per heavy atom. The number of benzene rings is 1. The van der Waals surface area contributed by atoms with Crippen molar-refractivity contribution in [3.8, 4) is 17.0 Å². The summed E-state index contributed by atoms with van der Waals surface area (Å²) in [4.78, 5) is 10.8. The van der Waals surface area contributed by atoms with Crippen LogP contribution < -0.4 is 15.8 Å². The van der Waals surface area contributed by atoms with Crippen LogP contribution in [0.2, 0.25) is 5.02 Å². The van der Waals surface area contributed by atoms with E-state index in [1.54, 1.807) is 29.9 Å². The molecule has 1 aromatic carbocycles. The highest BCUT2D eigenvalue weighted by atomic mass is 35.5. The van der Waals surface area contributed by atoms with Gasteiger partial charge in [0.05, 0.1) is 16.9 Å². The molecule has 0 saturated carbocycles. The molecule has 0 aliphatic carbocycles. The fourth-order valence-electron chi connectivity index (χ4n) is 1.92. The molecule has 7 nitrogen and oxygen atoms in total. The molecule has 0 spiro atoms. The van der Waals surface area contributed by atoms with Gasteiger partial charge in [0.25, 0.3) is 0 Å². The van der Waals surface area contributed by atoms with Gasteiger partial charge in [-0.3, -0.25) is 10.00 Å². The molecule has 0 bridgehead atoms. The summed E-state index contributed by atoms with van der Waals surface area (Å²) in [6.45, 7) is 0.710. The van der Waals surface area contributed by atoms with Gasteiger partial charge in [-0.15, -0.1) is 0 Å². The molecule has 1 heterocycles. The van der Waals surface area contributed by atoms with Crippen molar-refractivity contribution in [2.45, 2.75) is 0 Å². The van der Waals surface area contributed by atoms with E-state index in [4.69, 9.17) is 27.2 Å². The first-order chi connectivity index (χ1) is 10.0. The molecule has 0 radical (unpaired) electrons. The van der Waals surface area contributed by atoms with E-state index >= 15 is 0 Å². The number of nitrogens with zero attached hydrogens (tertiary/aromatic N) is 2. The fraction of sp³-hybridized carbons (Fsp3) is 0.231. The first kappa shape index (κ1) is 15.1. The van der Waals surface area contributed by atoms with Gasteiger partial charge in [0.2, 0.25) is 0 Å². The molecule has 2 aromatic rings. The third kappa shape index (κ3) is 3.45. The Morgan fingerprint density at radius 1 is 1.57 bits per heavy atom. The maximum absolute atomic E-state index is 10.8. The van der Waals surface area contributed by atoms with E-state index in [1.807, 2.05) is 0 Å². The maximum Gasteiger partial charge on any atom is 0.409 e. The number of rotatable bonds is 5. The van der Waals surface area contributed by atoms with Gasteiger partial charge in [0, 0.05) is 24.8 Å². The van der Waals surface area contributed by atoms with Crippen molar-refractivity contribution in [2.24, 2.45) is 12.8 Å². The molecule has 1 aromatic heterocycles. The number of anilines is 1. The predicted octanol–water partition coefficient (Wildman–Crippen LogP) is 2.17. The standard InChI is InChI=1S/C13H15ClN4O3/c1-18-12(10(14)7-16-18)9-6-8(17-13(19)20)2-3-11(9)21-5-4-15/h2-3,6-7,17H,4-5,15H2,1H3,(H,19,20). The van der Waals surface area contributed by atoms with E-state index in [1.165, 1.54) is 6.20 Å². The number of aromatic nitrogens is 2. The number of nitrogens with two attached hydrogens (primary N) is 1. The van der Waals surface area contributed by atoms with E-state index in [0.717, 1.165) is 0 Å². The van der Waals surface area contributed by atoms with Gasteiger partial charge in [0.1, 0.15) is 12.4 Å². The number of aryl methyl sites for hydroxylation is 1. The van der Waals surface area contributed by atoms with Crippen LogP contribution in [0.4, 0.5) is 10.5 Å². The van der Waals surface area contributed by atoms with E-state index in [0.29, 0.717) is 40.9 Å². The average Bonchev–Trinajstić information content (AvgIpc) is 2.76. The van der Waals surface area contributed by atoms with Gasteiger partial charge in [-0.25, -0.2) is 4.79 Å². The third-order valence-electron chi connectivity index (χ3n) is 2.76. The number of carboxylic acid groups (broad SMARTS) is 1. The molecule has 0 fully saturated rings. The van der Waals surface area contributed by atoms with Crippen LogP contribution in [-0.4, -0.2) is 34.1 Å². The SMILES string of the molecule is Cn1ncc(Cl)c1-c1cc(NC(=O)O)ccc1OCCN. The average molecular weight is 311 g/mol. The summed E-state index contributed by atoms with van der Waals surface area (Å²) in [5, 5.41) is 15.6. The largest absolute Gasteiger partial charge is 0.492 e. The van der Waals surface area contributed by atoms with Gasteiger partial charge in [-0.1, -0.05) is 11.6 Å². The van der Waals surface area contributed by atoms with Crippen molar-refractivity contribution < 1.29 is 14.6 Å². The highest BCUT2D eigenvalue weighted by Gasteiger charge is 2.16. The quantitative estimate of drug-likeness (QED) is 0.785. The summed E-state index contributed by atoms with van der Waals surface area (Å²) in [5.41, 5.74) is 7.13. The molecule has 112 valence electrons. The van der Waals surface area contributed by atoms with Crippen LogP contribution in [0.1, 0.15) is 0 Å². The van der Waals surface area contributed by atoms with Gasteiger partial charge in [-0.2, -0.15) is 5.10 Å². The molecule has 0 aliphatic rings. The van der Waals surface area contributed by atoms with Crippen molar-refractivity contribution in [3.63, 3.8) is 0 Å². The smallest absolute Gasteiger partial charge is 0.409 e. The Hall–Kier alpha value is -2.25. The molecule has 21 heavy (non-hydrogen) atoms. The van der Waals surface area contributed by atoms with E-state index in [-0.39, 0.29) is 0 Å². The van der Waals surface area contributed by atoms with Gasteiger partial charge in [0.15, 0.2) is 0 Å². The lowest BCUT2D eigenvalue weighted by Gasteiger charge is -2.13. The lowest BCUT2D eigenvalue weighted by Crippen LogP contribution is -2.12. The summed E-state index contributed by atoms with van der Waals surface area (Å²) in [5.74, 6) is 0.557. The molecule has 0 aliphatic heterocycles. The zero-order chi connectivity index (χ0) is 15.4. The molecule has 0 saturated heterocycles. The summed E-state index contributed by atoms with van der Waals surface area (Å²) in [7, 11) is 1.74. The van der Waals surface area contributed by atoms with Gasteiger partial charge < -0.3 is 15.6 Å². The maximum atomic E-state index is 10.8. The Balaban J connectivity index is 2.50. The highest BCUT2D eigenvalue weighted by molar-refractivity contribution is 6.33. The second-order valence-corrected chi connectivity index (χ2v) is 4.65. The minimum Gasteiger partial charge on any atom is -0.492 e. The van der Waals surface area contributed by atoms with Crippen LogP contribution in [0.15, 0.2) is 24.4 Å². The highest BCUT2D eigenvalue weighted by Crippen LogP contribution is 2.36. The molecule has 4 N–H and O–H groups in total. The minimum absolute atomic E-state index is 0.341. The number of halogens is 1. The zero-order valence-corrected chi connectivity index (χ0v) is 12.1. The monoisotopic (exact) mass is 310 g/mol. The number of nitrogens with one attached hydrogen (secondary N) is 1. The third-order valence-corrected chi connectivity index (χ3v) is 3.03. The van der Waals surface area contributed by atoms with Crippen LogP contribution in [0.5, 0.6) is 5.75 Å². The molecular formula is C13H15ClN4O3. The summed E-state index contributed by atoms with van der Waals surface area (Å²) in [6, 6.07) is 4.91. The summed E-state index contributed by atoms with van der Waals surface area (Å²) < 4.78 is 7.17. The van der Waals surface area contributed by atoms with Crippen LogP contribution in [0.3, 0.4) is 0 Å². The van der Waals surface area contributed by atoms with Crippen LogP contribution >= 0.6 is 11.6 Å². The number of hydrogen-bond acceptors (Lipinski definition) is 4. The topological polar surface area (TPSA) is 102 Å². The van der Waals surface area contributed by atoms with Crippen molar-refractivity contribution in [3.05, 3.63) is 29.4 Å². The lowest BCUT2D eigenvalue weighted by molar-refractivity contribution is 0.209. The van der Waals surface area contributed by atoms with E-state index in [2.05, 4.69) is 10.4 Å². The van der Waals surface area contributed by atoms with Crippen LogP contribution in [0, 0.1) is 0 Å². The Labute approximate surface area is 126 Å². The summed E-state index contributed by atoms with van der Waals surface area (Å²) >= 11 is 6.14. The van der Waals surface area contributed by atoms with Crippen molar-refractivity contribution in [1.82, 2.24) is 9.78 Å². The number of carbonyl (C=O) groups is 1. The van der Waals surface area contributed by atoms with E-state index in [9.17, 15) is 4.79 Å². The Morgan fingerprint density at radius 2 is 2.33 bits per heavy atom. The number of amides is 1. The van der Waals surface area contributed by atoms with Crippen LogP contribution in [-0.2, 0) is 7.05 Å². The molecule has 0 atom stereocenters. The lowest BCUT2D eigenvalue weighted by atomic mass is 10.1. The molecule has 2 rings (SSSR count). The van der Waals surface area contributed by atoms with Crippen molar-refractivity contribution in [1.29, 1.82) is 0 Å². The van der Waals surface area contributed by atoms with Crippen LogP contribution in [0.25, 0.3) is 11.3 Å². The first-order valence-electron chi connectivity index (χ1n) is 6.17. The molecule has 8 heteroatoms. The predicted molar refractivity (Wildman–Crippen MR) is 79.9 cm³/mol. The second kappa shape index (κ2) is 6.47. The molecule has 1 amide bonds. The van der Waals surface area contributed by atoms with Crippen molar-refractivity contribution in [2.75, 3.05) is 18.5 Å². The zero-order valence-electron chi connectivity index (χ0n) is 11.3. The second-order valence-electron chi connectivity index (χ2n) is 4.24. The van der Waals surface area contributed by atoms with Gasteiger partial charge >= 0.3 is 6.09 Å². The fourth-order valence-corrected chi connectivity index (χ4v) is 2.19.